The van der Waals surface area contributed by atoms with Crippen LogP contribution in [0.15, 0.2) is 48.5 Å². The van der Waals surface area contributed by atoms with Gasteiger partial charge >= 0.3 is 5.97 Å². The van der Waals surface area contributed by atoms with Crippen molar-refractivity contribution in [1.29, 1.82) is 0 Å². The smallest absolute Gasteiger partial charge is 0.309 e. The number of hydrogen-bond acceptors (Lipinski definition) is 7. The summed E-state index contributed by atoms with van der Waals surface area (Å²) in [7, 11) is 1.39. The van der Waals surface area contributed by atoms with Crippen LogP contribution in [-0.2, 0) is 16.0 Å². The van der Waals surface area contributed by atoms with Crippen LogP contribution in [0.25, 0.3) is 10.6 Å². The summed E-state index contributed by atoms with van der Waals surface area (Å²) in [5, 5.41) is 1.45. The van der Waals surface area contributed by atoms with Crippen molar-refractivity contribution in [3.05, 3.63) is 69.7 Å². The number of ether oxygens (including phenoxy) is 1. The van der Waals surface area contributed by atoms with Gasteiger partial charge in [0.05, 0.1) is 30.1 Å². The number of nitrogens with zero attached hydrogens (tertiary/aromatic N) is 2. The van der Waals surface area contributed by atoms with Crippen molar-refractivity contribution >= 4 is 40.4 Å². The van der Waals surface area contributed by atoms with Gasteiger partial charge in [-0.3, -0.25) is 9.59 Å². The molecule has 1 aromatic heterocycles. The molecule has 0 aliphatic carbocycles. The zero-order chi connectivity index (χ0) is 24.2. The molecule has 0 amide bonds. The number of nitrogens with two attached hydrogens (primary N) is 1. The molecule has 2 N–H and O–H groups in total. The minimum atomic E-state index is -0.599. The highest BCUT2D eigenvalue weighted by atomic mass is 35.5. The van der Waals surface area contributed by atoms with Gasteiger partial charge in [0.15, 0.2) is 5.78 Å². The number of hydrogen-bond donors (Lipinski definition) is 1. The average molecular weight is 498 g/mol. The van der Waals surface area contributed by atoms with Gasteiger partial charge in [-0.2, -0.15) is 0 Å². The van der Waals surface area contributed by atoms with Crippen LogP contribution in [0.3, 0.4) is 0 Å². The molecule has 178 valence electrons. The second-order valence-corrected chi connectivity index (χ2v) is 10.0. The zero-order valence-corrected chi connectivity index (χ0v) is 20.9. The molecule has 8 heteroatoms. The van der Waals surface area contributed by atoms with E-state index >= 15 is 0 Å². The summed E-state index contributed by atoms with van der Waals surface area (Å²) >= 11 is 7.38. The molecule has 1 fully saturated rings. The molecule has 1 aliphatic rings. The highest BCUT2D eigenvalue weighted by Gasteiger charge is 2.32. The Labute approximate surface area is 208 Å². The van der Waals surface area contributed by atoms with Gasteiger partial charge in [-0.25, -0.2) is 4.98 Å². The van der Waals surface area contributed by atoms with Gasteiger partial charge in [-0.1, -0.05) is 35.9 Å². The number of anilines is 1. The van der Waals surface area contributed by atoms with E-state index in [1.54, 1.807) is 0 Å². The van der Waals surface area contributed by atoms with Gasteiger partial charge in [0, 0.05) is 29.4 Å². The normalized spacial score (nSPS) is 16.8. The van der Waals surface area contributed by atoms with Crippen LogP contribution in [0.2, 0.25) is 5.02 Å². The third kappa shape index (κ3) is 5.49. The number of aromatic nitrogens is 1. The lowest BCUT2D eigenvalue weighted by Crippen LogP contribution is -2.47. The third-order valence-electron chi connectivity index (χ3n) is 6.23. The Morgan fingerprint density at radius 1 is 1.26 bits per heavy atom. The van der Waals surface area contributed by atoms with Crippen LogP contribution < -0.4 is 10.6 Å². The fourth-order valence-electron chi connectivity index (χ4n) is 4.35. The molecule has 2 atom stereocenters. The highest BCUT2D eigenvalue weighted by Crippen LogP contribution is 2.32. The molecule has 2 heterocycles. The second-order valence-electron chi connectivity index (χ2n) is 8.60. The van der Waals surface area contributed by atoms with Crippen molar-refractivity contribution in [2.24, 2.45) is 11.7 Å². The summed E-state index contributed by atoms with van der Waals surface area (Å²) in [4.78, 5) is 32.5. The van der Waals surface area contributed by atoms with Gasteiger partial charge < -0.3 is 15.4 Å². The number of Topliss-reactive ketones (excluding diaryl/α,β-unsaturated/α-hetero) is 1. The Bertz CT molecular complexity index is 1180. The largest absolute Gasteiger partial charge is 0.469 e. The molecule has 4 rings (SSSR count). The first-order valence-electron chi connectivity index (χ1n) is 11.3. The summed E-state index contributed by atoms with van der Waals surface area (Å²) in [5.41, 5.74) is 10.1. The van der Waals surface area contributed by atoms with Crippen molar-refractivity contribution in [3.63, 3.8) is 0 Å². The Kier molecular flexibility index (Phi) is 7.66. The number of carbonyl (C=O) groups is 2. The lowest BCUT2D eigenvalue weighted by atomic mass is 9.88. The molecule has 0 bridgehead atoms. The number of rotatable bonds is 7. The van der Waals surface area contributed by atoms with Crippen molar-refractivity contribution in [3.8, 4) is 10.6 Å². The summed E-state index contributed by atoms with van der Waals surface area (Å²) < 4.78 is 4.78. The standard InChI is InChI=1S/C26H28ClN3O3S/c1-16-25(34-26(29-16)18-8-10-20(27)11-9-18)24(32)23(28)19-6-4-12-30(15-19)21-7-3-5-17(13-21)14-22(31)33-2/h3,5,7-11,13,19,23H,4,6,12,14-15,28H2,1-2H3. The highest BCUT2D eigenvalue weighted by molar-refractivity contribution is 7.17. The van der Waals surface area contributed by atoms with E-state index in [4.69, 9.17) is 22.1 Å². The van der Waals surface area contributed by atoms with E-state index in [2.05, 4.69) is 9.88 Å². The Morgan fingerprint density at radius 2 is 2.03 bits per heavy atom. The van der Waals surface area contributed by atoms with Crippen molar-refractivity contribution in [1.82, 2.24) is 4.98 Å². The lowest BCUT2D eigenvalue weighted by Gasteiger charge is -2.36. The van der Waals surface area contributed by atoms with Gasteiger partial charge in [0.25, 0.3) is 0 Å². The Balaban J connectivity index is 1.47. The van der Waals surface area contributed by atoms with E-state index in [-0.39, 0.29) is 24.1 Å². The average Bonchev–Trinajstić information content (AvgIpc) is 3.25. The number of piperidine rings is 1. The Hall–Kier alpha value is -2.74. The number of methoxy groups -OCH3 is 1. The first-order chi connectivity index (χ1) is 16.4. The molecule has 1 saturated heterocycles. The number of thiazole rings is 1. The maximum atomic E-state index is 13.4. The van der Waals surface area contributed by atoms with E-state index in [0.29, 0.717) is 22.1 Å². The third-order valence-corrected chi connectivity index (χ3v) is 7.70. The maximum absolute atomic E-state index is 13.4. The first-order valence-corrected chi connectivity index (χ1v) is 12.5. The number of ketones is 1. The van der Waals surface area contributed by atoms with Crippen molar-refractivity contribution < 1.29 is 14.3 Å². The molecule has 34 heavy (non-hydrogen) atoms. The molecular weight excluding hydrogens is 470 g/mol. The first kappa shape index (κ1) is 24.4. The lowest BCUT2D eigenvalue weighted by molar-refractivity contribution is -0.139. The predicted molar refractivity (Wildman–Crippen MR) is 137 cm³/mol. The maximum Gasteiger partial charge on any atom is 0.309 e. The Morgan fingerprint density at radius 3 is 2.76 bits per heavy atom. The van der Waals surface area contributed by atoms with Crippen LogP contribution in [-0.4, -0.2) is 43.0 Å². The van der Waals surface area contributed by atoms with Crippen LogP contribution >= 0.6 is 22.9 Å². The molecule has 6 nitrogen and oxygen atoms in total. The fourth-order valence-corrected chi connectivity index (χ4v) is 5.53. The molecule has 0 saturated carbocycles. The molecule has 2 unspecified atom stereocenters. The minimum Gasteiger partial charge on any atom is -0.469 e. The molecule has 2 aromatic carbocycles. The minimum absolute atomic E-state index is 0.0333. The summed E-state index contributed by atoms with van der Waals surface area (Å²) in [6.45, 7) is 3.44. The number of esters is 1. The summed E-state index contributed by atoms with van der Waals surface area (Å²) in [6, 6.07) is 14.8. The predicted octanol–water partition coefficient (Wildman–Crippen LogP) is 4.91. The van der Waals surface area contributed by atoms with Crippen LogP contribution in [0, 0.1) is 12.8 Å². The topological polar surface area (TPSA) is 85.5 Å². The van der Waals surface area contributed by atoms with E-state index in [1.165, 1.54) is 18.4 Å². The number of benzene rings is 2. The molecule has 3 aromatic rings. The van der Waals surface area contributed by atoms with Gasteiger partial charge in [0.2, 0.25) is 0 Å². The monoisotopic (exact) mass is 497 g/mol. The summed E-state index contributed by atoms with van der Waals surface area (Å²) in [5.74, 6) is -0.285. The fraction of sp³-hybridized carbons (Fsp3) is 0.346. The molecule has 1 aliphatic heterocycles. The van der Waals surface area contributed by atoms with Gasteiger partial charge in [-0.05, 0) is 55.5 Å². The number of halogens is 1. The van der Waals surface area contributed by atoms with Crippen LogP contribution in [0.1, 0.15) is 33.8 Å². The molecular formula is C26H28ClN3O3S. The quantitative estimate of drug-likeness (QED) is 0.368. The summed E-state index contributed by atoms with van der Waals surface area (Å²) in [6.07, 6.45) is 2.08. The molecule has 0 radical (unpaired) electrons. The molecule has 0 spiro atoms. The van der Waals surface area contributed by atoms with Crippen molar-refractivity contribution in [2.45, 2.75) is 32.2 Å². The number of carbonyl (C=O) groups excluding carboxylic acids is 2. The second kappa shape index (κ2) is 10.7. The van der Waals surface area contributed by atoms with E-state index in [9.17, 15) is 9.59 Å². The van der Waals surface area contributed by atoms with E-state index in [1.807, 2.05) is 55.5 Å². The van der Waals surface area contributed by atoms with Crippen LogP contribution in [0.5, 0.6) is 0 Å². The van der Waals surface area contributed by atoms with E-state index in [0.717, 1.165) is 41.2 Å². The SMILES string of the molecule is COC(=O)Cc1cccc(N2CCCC(C(N)C(=O)c3sc(-c4ccc(Cl)cc4)nc3C)C2)c1. The number of aryl methyl sites for hydroxylation is 1. The van der Waals surface area contributed by atoms with Crippen molar-refractivity contribution in [2.75, 3.05) is 25.1 Å². The van der Waals surface area contributed by atoms with Crippen LogP contribution in [0.4, 0.5) is 5.69 Å². The van der Waals surface area contributed by atoms with Gasteiger partial charge in [-0.15, -0.1) is 11.3 Å². The van der Waals surface area contributed by atoms with E-state index < -0.39 is 6.04 Å². The zero-order valence-electron chi connectivity index (χ0n) is 19.3. The van der Waals surface area contributed by atoms with Gasteiger partial charge in [0.1, 0.15) is 5.01 Å².